The van der Waals surface area contributed by atoms with Gasteiger partial charge < -0.3 is 5.73 Å². The highest BCUT2D eigenvalue weighted by molar-refractivity contribution is 6.31. The number of carbonyl (C=O) groups excluding carboxylic acids is 1. The third-order valence-electron chi connectivity index (χ3n) is 2.71. The van der Waals surface area contributed by atoms with Gasteiger partial charge >= 0.3 is 0 Å². The monoisotopic (exact) mass is 243 g/mol. The lowest BCUT2D eigenvalue weighted by atomic mass is 9.94. The van der Waals surface area contributed by atoms with Gasteiger partial charge in [-0.3, -0.25) is 4.79 Å². The van der Waals surface area contributed by atoms with Gasteiger partial charge in [-0.15, -0.1) is 0 Å². The van der Waals surface area contributed by atoms with Crippen molar-refractivity contribution in [1.29, 1.82) is 0 Å². The van der Waals surface area contributed by atoms with Gasteiger partial charge in [0.05, 0.1) is 0 Å². The van der Waals surface area contributed by atoms with E-state index < -0.39 is 5.82 Å². The van der Waals surface area contributed by atoms with Gasteiger partial charge in [-0.05, 0) is 19.1 Å². The third-order valence-corrected chi connectivity index (χ3v) is 3.06. The highest BCUT2D eigenvalue weighted by atomic mass is 35.5. The van der Waals surface area contributed by atoms with Crippen molar-refractivity contribution in [2.75, 3.05) is 0 Å². The zero-order chi connectivity index (χ0) is 12.3. The van der Waals surface area contributed by atoms with Crippen LogP contribution in [0.15, 0.2) is 18.2 Å². The summed E-state index contributed by atoms with van der Waals surface area (Å²) in [6.07, 6.45) is -0.00574. The number of halogens is 2. The molecule has 4 heteroatoms. The lowest BCUT2D eigenvalue weighted by Gasteiger charge is -2.14. The summed E-state index contributed by atoms with van der Waals surface area (Å²) >= 11 is 5.83. The van der Waals surface area contributed by atoms with Crippen molar-refractivity contribution in [2.24, 2.45) is 11.7 Å². The Kier molecular flexibility index (Phi) is 4.44. The summed E-state index contributed by atoms with van der Waals surface area (Å²) in [4.78, 5) is 11.8. The number of carbonyl (C=O) groups is 1. The van der Waals surface area contributed by atoms with E-state index in [0.717, 1.165) is 0 Å². The number of ketones is 1. The molecule has 2 unspecified atom stereocenters. The van der Waals surface area contributed by atoms with Crippen molar-refractivity contribution in [2.45, 2.75) is 26.3 Å². The van der Waals surface area contributed by atoms with Crippen LogP contribution in [0.25, 0.3) is 0 Å². The molecule has 0 saturated carbocycles. The van der Waals surface area contributed by atoms with Gasteiger partial charge in [-0.1, -0.05) is 24.6 Å². The van der Waals surface area contributed by atoms with Crippen molar-refractivity contribution in [3.63, 3.8) is 0 Å². The van der Waals surface area contributed by atoms with Crippen LogP contribution in [0, 0.1) is 11.7 Å². The second-order valence-electron chi connectivity index (χ2n) is 3.99. The molecule has 0 aromatic heterocycles. The minimum atomic E-state index is -0.447. The van der Waals surface area contributed by atoms with Gasteiger partial charge in [-0.25, -0.2) is 4.39 Å². The van der Waals surface area contributed by atoms with Crippen molar-refractivity contribution in [1.82, 2.24) is 0 Å². The first kappa shape index (κ1) is 13.1. The minimum absolute atomic E-state index is 0.00574. The zero-order valence-electron chi connectivity index (χ0n) is 9.34. The normalized spacial score (nSPS) is 14.6. The second-order valence-corrected chi connectivity index (χ2v) is 4.40. The number of rotatable bonds is 4. The topological polar surface area (TPSA) is 43.1 Å². The standard InChI is InChI=1S/C12H15ClFNO/c1-7(8(2)15)12(16)6-9-10(13)4-3-5-11(9)14/h3-5,7-8H,6,15H2,1-2H3. The average molecular weight is 244 g/mol. The van der Waals surface area contributed by atoms with Crippen LogP contribution in [0.1, 0.15) is 19.4 Å². The lowest BCUT2D eigenvalue weighted by molar-refractivity contribution is -0.122. The maximum absolute atomic E-state index is 13.4. The molecule has 1 aromatic carbocycles. The third kappa shape index (κ3) is 3.03. The first-order valence-electron chi connectivity index (χ1n) is 5.14. The molecule has 2 atom stereocenters. The fourth-order valence-corrected chi connectivity index (χ4v) is 1.56. The van der Waals surface area contributed by atoms with E-state index in [1.807, 2.05) is 0 Å². The summed E-state index contributed by atoms with van der Waals surface area (Å²) in [7, 11) is 0. The van der Waals surface area contributed by atoms with Crippen molar-refractivity contribution in [3.05, 3.63) is 34.6 Å². The molecular weight excluding hydrogens is 229 g/mol. The number of nitrogens with two attached hydrogens (primary N) is 1. The van der Waals surface area contributed by atoms with Gasteiger partial charge in [0.15, 0.2) is 0 Å². The van der Waals surface area contributed by atoms with Crippen molar-refractivity contribution < 1.29 is 9.18 Å². The van der Waals surface area contributed by atoms with Crippen molar-refractivity contribution >= 4 is 17.4 Å². The van der Waals surface area contributed by atoms with E-state index in [2.05, 4.69) is 0 Å². The molecular formula is C12H15ClFNO. The molecule has 0 saturated heterocycles. The molecule has 1 rings (SSSR count). The first-order chi connectivity index (χ1) is 7.43. The van der Waals surface area contributed by atoms with E-state index in [9.17, 15) is 9.18 Å². The molecule has 0 aliphatic heterocycles. The van der Waals surface area contributed by atoms with E-state index in [1.54, 1.807) is 19.9 Å². The van der Waals surface area contributed by atoms with E-state index >= 15 is 0 Å². The van der Waals surface area contributed by atoms with Gasteiger partial charge in [0, 0.05) is 29.0 Å². The molecule has 0 heterocycles. The molecule has 2 nitrogen and oxygen atoms in total. The molecule has 16 heavy (non-hydrogen) atoms. The second kappa shape index (κ2) is 5.41. The maximum Gasteiger partial charge on any atom is 0.141 e. The van der Waals surface area contributed by atoms with Crippen LogP contribution in [0.4, 0.5) is 4.39 Å². The van der Waals surface area contributed by atoms with E-state index in [4.69, 9.17) is 17.3 Å². The Morgan fingerprint density at radius 1 is 1.50 bits per heavy atom. The maximum atomic E-state index is 13.4. The molecule has 0 radical (unpaired) electrons. The molecule has 2 N–H and O–H groups in total. The summed E-state index contributed by atoms with van der Waals surface area (Å²) < 4.78 is 13.4. The summed E-state index contributed by atoms with van der Waals surface area (Å²) in [5.74, 6) is -0.838. The van der Waals surface area contributed by atoms with Crippen LogP contribution in [0.3, 0.4) is 0 Å². The number of hydrogen-bond acceptors (Lipinski definition) is 2. The minimum Gasteiger partial charge on any atom is -0.327 e. The Labute approximate surface area is 99.6 Å². The van der Waals surface area contributed by atoms with Gasteiger partial charge in [0.1, 0.15) is 11.6 Å². The fraction of sp³-hybridized carbons (Fsp3) is 0.417. The van der Waals surface area contributed by atoms with E-state index in [-0.39, 0.29) is 34.7 Å². The zero-order valence-corrected chi connectivity index (χ0v) is 10.1. The van der Waals surface area contributed by atoms with Crippen LogP contribution in [-0.4, -0.2) is 11.8 Å². The number of Topliss-reactive ketones (excluding diaryl/α,β-unsaturated/α-hetero) is 1. The van der Waals surface area contributed by atoms with Gasteiger partial charge in [0.25, 0.3) is 0 Å². The summed E-state index contributed by atoms with van der Waals surface area (Å²) in [6, 6.07) is 4.15. The predicted octanol–water partition coefficient (Wildman–Crippen LogP) is 2.57. The Balaban J connectivity index is 2.85. The van der Waals surface area contributed by atoms with Crippen LogP contribution in [0.5, 0.6) is 0 Å². The smallest absolute Gasteiger partial charge is 0.141 e. The molecule has 0 amide bonds. The lowest BCUT2D eigenvalue weighted by Crippen LogP contribution is -2.31. The van der Waals surface area contributed by atoms with Crippen LogP contribution >= 0.6 is 11.6 Å². The Bertz CT molecular complexity index is 372. The summed E-state index contributed by atoms with van der Waals surface area (Å²) in [5.41, 5.74) is 5.87. The van der Waals surface area contributed by atoms with Crippen molar-refractivity contribution in [3.8, 4) is 0 Å². The summed E-state index contributed by atoms with van der Waals surface area (Å²) in [5, 5.41) is 0.283. The van der Waals surface area contributed by atoms with E-state index in [0.29, 0.717) is 0 Å². The Hall–Kier alpha value is -0.930. The predicted molar refractivity (Wildman–Crippen MR) is 62.9 cm³/mol. The molecule has 0 spiro atoms. The van der Waals surface area contributed by atoms with Crippen LogP contribution < -0.4 is 5.73 Å². The largest absolute Gasteiger partial charge is 0.327 e. The average Bonchev–Trinajstić information content (AvgIpc) is 2.22. The number of benzene rings is 1. The Morgan fingerprint density at radius 2 is 2.12 bits per heavy atom. The Morgan fingerprint density at radius 3 is 2.62 bits per heavy atom. The van der Waals surface area contributed by atoms with Crippen LogP contribution in [-0.2, 0) is 11.2 Å². The SMILES string of the molecule is CC(N)C(C)C(=O)Cc1c(F)cccc1Cl. The molecule has 0 fully saturated rings. The first-order valence-corrected chi connectivity index (χ1v) is 5.52. The summed E-state index contributed by atoms with van der Waals surface area (Å²) in [6.45, 7) is 3.49. The quantitative estimate of drug-likeness (QED) is 0.883. The van der Waals surface area contributed by atoms with Gasteiger partial charge in [0.2, 0.25) is 0 Å². The van der Waals surface area contributed by atoms with E-state index in [1.165, 1.54) is 12.1 Å². The molecule has 0 aliphatic carbocycles. The molecule has 1 aromatic rings. The van der Waals surface area contributed by atoms with Gasteiger partial charge in [-0.2, -0.15) is 0 Å². The number of hydrogen-bond donors (Lipinski definition) is 1. The highest BCUT2D eigenvalue weighted by Crippen LogP contribution is 2.21. The van der Waals surface area contributed by atoms with Crippen LogP contribution in [0.2, 0.25) is 5.02 Å². The molecule has 88 valence electrons. The highest BCUT2D eigenvalue weighted by Gasteiger charge is 2.19. The molecule has 0 aliphatic rings. The molecule has 0 bridgehead atoms. The fourth-order valence-electron chi connectivity index (χ4n) is 1.33.